The number of hydrogen-bond acceptors (Lipinski definition) is 4. The molecule has 1 N–H and O–H groups in total. The fourth-order valence-electron chi connectivity index (χ4n) is 4.99. The Morgan fingerprint density at radius 1 is 1.21 bits per heavy atom. The second kappa shape index (κ2) is 10.5. The van der Waals surface area contributed by atoms with Gasteiger partial charge in [-0.25, -0.2) is 4.79 Å². The van der Waals surface area contributed by atoms with Gasteiger partial charge in [0.1, 0.15) is 5.54 Å². The van der Waals surface area contributed by atoms with Gasteiger partial charge in [0, 0.05) is 31.6 Å². The van der Waals surface area contributed by atoms with E-state index in [4.69, 9.17) is 0 Å². The lowest BCUT2D eigenvalue weighted by atomic mass is 9.73. The summed E-state index contributed by atoms with van der Waals surface area (Å²) in [4.78, 5) is 44.8. The molecule has 0 saturated carbocycles. The Morgan fingerprint density at radius 2 is 1.88 bits per heavy atom. The van der Waals surface area contributed by atoms with Crippen molar-refractivity contribution in [2.75, 3.05) is 40.3 Å². The van der Waals surface area contributed by atoms with Gasteiger partial charge >= 0.3 is 6.03 Å². The van der Waals surface area contributed by atoms with Crippen molar-refractivity contribution >= 4 is 17.8 Å². The van der Waals surface area contributed by atoms with E-state index in [0.717, 1.165) is 29.7 Å². The monoisotopic (exact) mass is 454 g/mol. The second-order valence-corrected chi connectivity index (χ2v) is 9.66. The number of amides is 4. The van der Waals surface area contributed by atoms with Crippen LogP contribution in [0, 0.1) is 12.8 Å². The molecule has 0 radical (unpaired) electrons. The SMILES string of the molecule is CC=C(C)C(=O)N1CCC(C2(Cc3ccccc3C)NC(=O)N(CCCN(C)C)C2=O)CC1. The summed E-state index contributed by atoms with van der Waals surface area (Å²) in [6, 6.07) is 7.75. The van der Waals surface area contributed by atoms with Gasteiger partial charge in [0.15, 0.2) is 0 Å². The normalized spacial score (nSPS) is 22.3. The quantitative estimate of drug-likeness (QED) is 0.484. The van der Waals surface area contributed by atoms with Crippen molar-refractivity contribution in [1.29, 1.82) is 0 Å². The number of hydrogen-bond donors (Lipinski definition) is 1. The lowest BCUT2D eigenvalue weighted by Gasteiger charge is -2.41. The Bertz CT molecular complexity index is 918. The largest absolute Gasteiger partial charge is 0.339 e. The highest BCUT2D eigenvalue weighted by molar-refractivity contribution is 6.07. The van der Waals surface area contributed by atoms with Crippen LogP contribution in [0.1, 0.15) is 44.2 Å². The molecule has 0 bridgehead atoms. The predicted molar refractivity (Wildman–Crippen MR) is 130 cm³/mol. The molecule has 2 fully saturated rings. The van der Waals surface area contributed by atoms with E-state index in [9.17, 15) is 14.4 Å². The van der Waals surface area contributed by atoms with Crippen LogP contribution in [0.3, 0.4) is 0 Å². The first-order chi connectivity index (χ1) is 15.7. The van der Waals surface area contributed by atoms with E-state index in [2.05, 4.69) is 10.2 Å². The molecule has 0 spiro atoms. The number of imide groups is 1. The number of urea groups is 1. The molecule has 180 valence electrons. The fraction of sp³-hybridized carbons (Fsp3) is 0.577. The summed E-state index contributed by atoms with van der Waals surface area (Å²) in [6.07, 6.45) is 4.42. The van der Waals surface area contributed by atoms with Crippen LogP contribution < -0.4 is 5.32 Å². The molecule has 0 aromatic heterocycles. The molecule has 1 aromatic carbocycles. The maximum Gasteiger partial charge on any atom is 0.325 e. The minimum Gasteiger partial charge on any atom is -0.339 e. The molecule has 1 atom stereocenters. The van der Waals surface area contributed by atoms with Crippen LogP contribution in [0.25, 0.3) is 0 Å². The Hall–Kier alpha value is -2.67. The van der Waals surface area contributed by atoms with Gasteiger partial charge in [-0.05, 0) is 77.7 Å². The summed E-state index contributed by atoms with van der Waals surface area (Å²) in [7, 11) is 3.97. The van der Waals surface area contributed by atoms with Gasteiger partial charge in [0.2, 0.25) is 5.91 Å². The van der Waals surface area contributed by atoms with Crippen LogP contribution in [-0.4, -0.2) is 78.4 Å². The third kappa shape index (κ3) is 5.29. The first-order valence-corrected chi connectivity index (χ1v) is 11.9. The molecular formula is C26H38N4O3. The highest BCUT2D eigenvalue weighted by atomic mass is 16.2. The van der Waals surface area contributed by atoms with Crippen molar-refractivity contribution in [3.8, 4) is 0 Å². The van der Waals surface area contributed by atoms with Gasteiger partial charge in [-0.2, -0.15) is 0 Å². The summed E-state index contributed by atoms with van der Waals surface area (Å²) in [5, 5.41) is 3.14. The minimum absolute atomic E-state index is 0.0256. The molecule has 3 rings (SSSR count). The van der Waals surface area contributed by atoms with Crippen LogP contribution >= 0.6 is 0 Å². The Kier molecular flexibility index (Phi) is 7.95. The average Bonchev–Trinajstić information content (AvgIpc) is 3.04. The molecule has 7 nitrogen and oxygen atoms in total. The Morgan fingerprint density at radius 3 is 2.48 bits per heavy atom. The Balaban J connectivity index is 1.85. The van der Waals surface area contributed by atoms with E-state index in [0.29, 0.717) is 38.9 Å². The summed E-state index contributed by atoms with van der Waals surface area (Å²) < 4.78 is 0. The standard InChI is InChI=1S/C26H38N4O3/c1-6-19(2)23(31)29-16-12-22(13-17-29)26(18-21-11-8-7-10-20(21)3)24(32)30(25(33)27-26)15-9-14-28(4)5/h6-8,10-11,22H,9,12-18H2,1-5H3,(H,27,33). The molecule has 2 heterocycles. The zero-order chi connectivity index (χ0) is 24.2. The van der Waals surface area contributed by atoms with Crippen molar-refractivity contribution < 1.29 is 14.4 Å². The van der Waals surface area contributed by atoms with Gasteiger partial charge in [0.05, 0.1) is 0 Å². The van der Waals surface area contributed by atoms with Crippen molar-refractivity contribution in [1.82, 2.24) is 20.0 Å². The van der Waals surface area contributed by atoms with E-state index in [1.165, 1.54) is 4.90 Å². The van der Waals surface area contributed by atoms with Crippen molar-refractivity contribution in [3.05, 3.63) is 47.0 Å². The second-order valence-electron chi connectivity index (χ2n) is 9.66. The summed E-state index contributed by atoms with van der Waals surface area (Å²) in [5.41, 5.74) is 1.96. The van der Waals surface area contributed by atoms with E-state index in [1.54, 1.807) is 0 Å². The van der Waals surface area contributed by atoms with Crippen LogP contribution in [0.5, 0.6) is 0 Å². The molecular weight excluding hydrogens is 416 g/mol. The van der Waals surface area contributed by atoms with Crippen molar-refractivity contribution in [3.63, 3.8) is 0 Å². The fourth-order valence-corrected chi connectivity index (χ4v) is 4.99. The number of aryl methyl sites for hydroxylation is 1. The van der Waals surface area contributed by atoms with E-state index >= 15 is 0 Å². The first kappa shape index (κ1) is 25.0. The minimum atomic E-state index is -0.966. The highest BCUT2D eigenvalue weighted by Gasteiger charge is 2.55. The number of piperidine rings is 1. The molecule has 2 saturated heterocycles. The lowest BCUT2D eigenvalue weighted by molar-refractivity contribution is -0.135. The van der Waals surface area contributed by atoms with Gasteiger partial charge in [-0.3, -0.25) is 14.5 Å². The highest BCUT2D eigenvalue weighted by Crippen LogP contribution is 2.37. The lowest BCUT2D eigenvalue weighted by Crippen LogP contribution is -2.58. The summed E-state index contributed by atoms with van der Waals surface area (Å²) in [5.74, 6) is -0.0951. The van der Waals surface area contributed by atoms with Gasteiger partial charge in [0.25, 0.3) is 5.91 Å². The first-order valence-electron chi connectivity index (χ1n) is 11.9. The molecule has 33 heavy (non-hydrogen) atoms. The maximum atomic E-state index is 13.8. The average molecular weight is 455 g/mol. The number of carbonyl (C=O) groups excluding carboxylic acids is 3. The number of allylic oxidation sites excluding steroid dienone is 1. The van der Waals surface area contributed by atoms with E-state index in [1.807, 2.05) is 70.1 Å². The van der Waals surface area contributed by atoms with Crippen molar-refractivity contribution in [2.24, 2.45) is 5.92 Å². The third-order valence-corrected chi connectivity index (χ3v) is 7.17. The number of rotatable bonds is 8. The number of nitrogens with zero attached hydrogens (tertiary/aromatic N) is 3. The third-order valence-electron chi connectivity index (χ3n) is 7.17. The van der Waals surface area contributed by atoms with Crippen LogP contribution in [0.4, 0.5) is 4.79 Å². The molecule has 4 amide bonds. The maximum absolute atomic E-state index is 13.8. The number of carbonyl (C=O) groups is 3. The molecule has 0 aliphatic carbocycles. The van der Waals surface area contributed by atoms with Crippen LogP contribution in [-0.2, 0) is 16.0 Å². The van der Waals surface area contributed by atoms with E-state index in [-0.39, 0.29) is 23.8 Å². The Labute approximate surface area is 197 Å². The summed E-state index contributed by atoms with van der Waals surface area (Å²) in [6.45, 7) is 8.15. The van der Waals surface area contributed by atoms with Gasteiger partial charge in [-0.1, -0.05) is 30.3 Å². The molecule has 7 heteroatoms. The number of likely N-dealkylation sites (tertiary alicyclic amines) is 1. The molecule has 1 aromatic rings. The summed E-state index contributed by atoms with van der Waals surface area (Å²) >= 11 is 0. The molecule has 1 unspecified atom stereocenters. The van der Waals surface area contributed by atoms with Gasteiger partial charge in [-0.15, -0.1) is 0 Å². The molecule has 2 aliphatic rings. The van der Waals surface area contributed by atoms with Crippen molar-refractivity contribution in [2.45, 2.75) is 52.0 Å². The smallest absolute Gasteiger partial charge is 0.325 e. The zero-order valence-electron chi connectivity index (χ0n) is 20.7. The predicted octanol–water partition coefficient (Wildman–Crippen LogP) is 2.98. The topological polar surface area (TPSA) is 73.0 Å². The van der Waals surface area contributed by atoms with Crippen LogP contribution in [0.15, 0.2) is 35.9 Å². The molecule has 2 aliphatic heterocycles. The number of nitrogens with one attached hydrogen (secondary N) is 1. The van der Waals surface area contributed by atoms with Gasteiger partial charge < -0.3 is 15.1 Å². The van der Waals surface area contributed by atoms with Crippen LogP contribution in [0.2, 0.25) is 0 Å². The zero-order valence-corrected chi connectivity index (χ0v) is 20.7. The number of benzene rings is 1. The van der Waals surface area contributed by atoms with E-state index < -0.39 is 5.54 Å².